The lowest BCUT2D eigenvalue weighted by Crippen LogP contribution is -2.14. The highest BCUT2D eigenvalue weighted by atomic mass is 79.9. The van der Waals surface area contributed by atoms with Crippen LogP contribution in [0.2, 0.25) is 0 Å². The van der Waals surface area contributed by atoms with E-state index in [9.17, 15) is 12.8 Å². The maximum absolute atomic E-state index is 13.3. The summed E-state index contributed by atoms with van der Waals surface area (Å²) in [6, 6.07) is 7.15. The molecule has 3 N–H and O–H groups in total. The highest BCUT2D eigenvalue weighted by Crippen LogP contribution is 2.29. The summed E-state index contributed by atoms with van der Waals surface area (Å²) in [6.07, 6.45) is 0. The van der Waals surface area contributed by atoms with Crippen LogP contribution in [0.5, 0.6) is 0 Å². The zero-order valence-corrected chi connectivity index (χ0v) is 14.8. The van der Waals surface area contributed by atoms with Crippen molar-refractivity contribution >= 4 is 53.3 Å². The number of anilines is 2. The van der Waals surface area contributed by atoms with Crippen molar-refractivity contribution in [3.8, 4) is 0 Å². The molecular weight excluding hydrogens is 427 g/mol. The van der Waals surface area contributed by atoms with E-state index in [0.717, 1.165) is 22.2 Å². The summed E-state index contributed by atoms with van der Waals surface area (Å²) in [7, 11) is -3.88. The first-order chi connectivity index (χ1) is 9.70. The van der Waals surface area contributed by atoms with Crippen LogP contribution in [0.25, 0.3) is 0 Å². The Bertz CT molecular complexity index is 810. The molecule has 0 spiro atoms. The van der Waals surface area contributed by atoms with Gasteiger partial charge in [-0.25, -0.2) is 12.8 Å². The maximum atomic E-state index is 13.3. The number of aryl methyl sites for hydroxylation is 1. The van der Waals surface area contributed by atoms with Gasteiger partial charge < -0.3 is 5.73 Å². The third kappa shape index (κ3) is 3.56. The van der Waals surface area contributed by atoms with Gasteiger partial charge in [0.05, 0.1) is 5.69 Å². The number of nitrogen functional groups attached to an aromatic ring is 1. The van der Waals surface area contributed by atoms with Gasteiger partial charge >= 0.3 is 0 Å². The van der Waals surface area contributed by atoms with Gasteiger partial charge in [0.15, 0.2) is 0 Å². The topological polar surface area (TPSA) is 72.2 Å². The van der Waals surface area contributed by atoms with Crippen LogP contribution in [0.1, 0.15) is 5.56 Å². The molecule has 0 aliphatic heterocycles. The minimum atomic E-state index is -3.88. The van der Waals surface area contributed by atoms with Crippen molar-refractivity contribution in [2.24, 2.45) is 0 Å². The van der Waals surface area contributed by atoms with Gasteiger partial charge in [0.25, 0.3) is 10.0 Å². The second-order valence-electron chi connectivity index (χ2n) is 4.37. The molecule has 0 amide bonds. The molecule has 21 heavy (non-hydrogen) atoms. The third-order valence-corrected chi connectivity index (χ3v) is 5.96. The van der Waals surface area contributed by atoms with Gasteiger partial charge in [-0.2, -0.15) is 0 Å². The first-order valence-corrected chi connectivity index (χ1v) is 8.81. The smallest absolute Gasteiger partial charge is 0.263 e. The van der Waals surface area contributed by atoms with Crippen LogP contribution in [0.15, 0.2) is 44.2 Å². The second-order valence-corrected chi connectivity index (χ2v) is 7.73. The van der Waals surface area contributed by atoms with Crippen molar-refractivity contribution in [2.45, 2.75) is 11.8 Å². The second kappa shape index (κ2) is 5.94. The lowest BCUT2D eigenvalue weighted by molar-refractivity contribution is 0.599. The number of hydrogen-bond acceptors (Lipinski definition) is 3. The Kier molecular flexibility index (Phi) is 4.60. The van der Waals surface area contributed by atoms with E-state index in [-0.39, 0.29) is 15.1 Å². The van der Waals surface area contributed by atoms with Gasteiger partial charge in [-0.3, -0.25) is 4.72 Å². The molecule has 0 heterocycles. The Morgan fingerprint density at radius 1 is 1.14 bits per heavy atom. The molecule has 0 saturated heterocycles. The lowest BCUT2D eigenvalue weighted by Gasteiger charge is -2.11. The normalized spacial score (nSPS) is 11.4. The van der Waals surface area contributed by atoms with Crippen LogP contribution < -0.4 is 10.5 Å². The summed E-state index contributed by atoms with van der Waals surface area (Å²) < 4.78 is 41.3. The molecule has 2 aromatic carbocycles. The van der Waals surface area contributed by atoms with Crippen molar-refractivity contribution in [2.75, 3.05) is 10.5 Å². The maximum Gasteiger partial charge on any atom is 0.263 e. The minimum absolute atomic E-state index is 0.105. The van der Waals surface area contributed by atoms with E-state index < -0.39 is 15.8 Å². The van der Waals surface area contributed by atoms with E-state index in [1.54, 1.807) is 18.2 Å². The fraction of sp³-hybridized carbons (Fsp3) is 0.0769. The third-order valence-electron chi connectivity index (χ3n) is 2.76. The molecular formula is C13H11Br2FN2O2S. The molecule has 0 unspecified atom stereocenters. The number of rotatable bonds is 3. The van der Waals surface area contributed by atoms with E-state index >= 15 is 0 Å². The van der Waals surface area contributed by atoms with Crippen LogP contribution in [-0.4, -0.2) is 8.42 Å². The number of halogens is 3. The van der Waals surface area contributed by atoms with Gasteiger partial charge in [-0.1, -0.05) is 22.0 Å². The molecule has 0 saturated carbocycles. The number of nitrogens with one attached hydrogen (secondary N) is 1. The summed E-state index contributed by atoms with van der Waals surface area (Å²) in [5.41, 5.74) is 6.56. The molecule has 8 heteroatoms. The van der Waals surface area contributed by atoms with Crippen molar-refractivity contribution in [3.05, 3.63) is 50.7 Å². The van der Waals surface area contributed by atoms with E-state index in [1.165, 1.54) is 0 Å². The monoisotopic (exact) mass is 436 g/mol. The van der Waals surface area contributed by atoms with Crippen molar-refractivity contribution in [3.63, 3.8) is 0 Å². The fourth-order valence-corrected chi connectivity index (χ4v) is 4.10. The van der Waals surface area contributed by atoms with Gasteiger partial charge in [-0.05, 0) is 52.7 Å². The Balaban J connectivity index is 2.43. The molecule has 0 bridgehead atoms. The predicted molar refractivity (Wildman–Crippen MR) is 88.2 cm³/mol. The zero-order chi connectivity index (χ0) is 15.8. The average Bonchev–Trinajstić information content (AvgIpc) is 2.37. The quantitative estimate of drug-likeness (QED) is 0.711. The highest BCUT2D eigenvalue weighted by molar-refractivity contribution is 9.10. The molecule has 0 aliphatic rings. The molecule has 0 aliphatic carbocycles. The average molecular weight is 438 g/mol. The number of hydrogen-bond donors (Lipinski definition) is 2. The highest BCUT2D eigenvalue weighted by Gasteiger charge is 2.20. The zero-order valence-electron chi connectivity index (χ0n) is 10.8. The Hall–Kier alpha value is -1.12. The van der Waals surface area contributed by atoms with E-state index in [0.29, 0.717) is 5.69 Å². The van der Waals surface area contributed by atoms with Crippen molar-refractivity contribution < 1.29 is 12.8 Å². The van der Waals surface area contributed by atoms with Crippen LogP contribution in [0.4, 0.5) is 15.8 Å². The molecule has 0 fully saturated rings. The summed E-state index contributed by atoms with van der Waals surface area (Å²) in [4.78, 5) is -0.127. The molecule has 112 valence electrons. The van der Waals surface area contributed by atoms with E-state index in [2.05, 4.69) is 36.6 Å². The number of nitrogens with two attached hydrogens (primary N) is 1. The van der Waals surface area contributed by atoms with Crippen LogP contribution in [-0.2, 0) is 10.0 Å². The minimum Gasteiger partial charge on any atom is -0.396 e. The van der Waals surface area contributed by atoms with Gasteiger partial charge in [-0.15, -0.1) is 0 Å². The van der Waals surface area contributed by atoms with Crippen LogP contribution in [0.3, 0.4) is 0 Å². The molecule has 4 nitrogen and oxygen atoms in total. The van der Waals surface area contributed by atoms with E-state index in [4.69, 9.17) is 5.73 Å². The molecule has 0 radical (unpaired) electrons. The largest absolute Gasteiger partial charge is 0.396 e. The number of benzene rings is 2. The predicted octanol–water partition coefficient (Wildman–Crippen LogP) is 4.04. The van der Waals surface area contributed by atoms with Crippen molar-refractivity contribution in [1.29, 1.82) is 0 Å². The summed E-state index contributed by atoms with van der Waals surface area (Å²) in [5, 5.41) is 0. The number of sulfonamides is 1. The van der Waals surface area contributed by atoms with Crippen molar-refractivity contribution in [1.82, 2.24) is 0 Å². The Morgan fingerprint density at radius 2 is 1.81 bits per heavy atom. The van der Waals surface area contributed by atoms with Crippen LogP contribution in [0, 0.1) is 12.7 Å². The van der Waals surface area contributed by atoms with Gasteiger partial charge in [0.2, 0.25) is 0 Å². The summed E-state index contributed by atoms with van der Waals surface area (Å²) in [5.74, 6) is -0.682. The van der Waals surface area contributed by atoms with Crippen LogP contribution >= 0.6 is 31.9 Å². The SMILES string of the molecule is Cc1ccc(NS(=O)(=O)c2cc(N)c(F)cc2Br)cc1Br. The molecule has 2 rings (SSSR count). The first kappa shape index (κ1) is 16.3. The lowest BCUT2D eigenvalue weighted by atomic mass is 10.2. The van der Waals surface area contributed by atoms with E-state index in [1.807, 2.05) is 6.92 Å². The Labute approximate surface area is 138 Å². The molecule has 0 aromatic heterocycles. The van der Waals surface area contributed by atoms with Gasteiger partial charge in [0.1, 0.15) is 10.7 Å². The molecule has 0 atom stereocenters. The summed E-state index contributed by atoms with van der Waals surface area (Å²) in [6.45, 7) is 1.89. The molecule has 2 aromatic rings. The Morgan fingerprint density at radius 3 is 2.43 bits per heavy atom. The summed E-state index contributed by atoms with van der Waals surface area (Å²) >= 11 is 6.36. The van der Waals surface area contributed by atoms with Gasteiger partial charge in [0, 0.05) is 14.6 Å². The first-order valence-electron chi connectivity index (χ1n) is 5.74. The fourth-order valence-electron chi connectivity index (χ4n) is 1.62. The standard InChI is InChI=1S/C13H11Br2FN2O2S/c1-7-2-3-8(4-9(7)14)18-21(19,20)13-6-12(17)11(16)5-10(13)15/h2-6,18H,17H2,1H3.